The molecule has 1 amide bonds. The van der Waals surface area contributed by atoms with Crippen LogP contribution in [0.3, 0.4) is 0 Å². The molecule has 0 aromatic rings. The van der Waals surface area contributed by atoms with Crippen molar-refractivity contribution in [2.24, 2.45) is 0 Å². The lowest BCUT2D eigenvalue weighted by molar-refractivity contribution is -0.124. The summed E-state index contributed by atoms with van der Waals surface area (Å²) in [6.07, 6.45) is 1.85. The lowest BCUT2D eigenvalue weighted by Crippen LogP contribution is -2.38. The van der Waals surface area contributed by atoms with E-state index in [1.54, 1.807) is 6.92 Å². The van der Waals surface area contributed by atoms with Crippen LogP contribution in [0.1, 0.15) is 13.8 Å². The number of hydrogen-bond acceptors (Lipinski definition) is 3. The highest BCUT2D eigenvalue weighted by Crippen LogP contribution is 1.91. The maximum absolute atomic E-state index is 10.9. The van der Waals surface area contributed by atoms with Crippen LogP contribution in [0.5, 0.6) is 0 Å². The first-order chi connectivity index (χ1) is 5.07. The van der Waals surface area contributed by atoms with Crippen LogP contribution in [-0.4, -0.2) is 29.7 Å². The Morgan fingerprint density at radius 1 is 1.55 bits per heavy atom. The predicted octanol–water partition coefficient (Wildman–Crippen LogP) is 0.443. The first-order valence-corrected chi connectivity index (χ1v) is 4.76. The van der Waals surface area contributed by atoms with Crippen LogP contribution in [0.2, 0.25) is 0 Å². The van der Waals surface area contributed by atoms with Crippen molar-refractivity contribution in [2.75, 3.05) is 12.0 Å². The summed E-state index contributed by atoms with van der Waals surface area (Å²) in [7, 11) is 0. The van der Waals surface area contributed by atoms with Gasteiger partial charge in [-0.2, -0.15) is 11.8 Å². The summed E-state index contributed by atoms with van der Waals surface area (Å²) in [5.41, 5.74) is 0. The molecule has 0 aliphatic carbocycles. The second-order valence-corrected chi connectivity index (χ2v) is 3.20. The molecule has 3 nitrogen and oxygen atoms in total. The molecule has 1 N–H and O–H groups in total. The Labute approximate surface area is 70.9 Å². The number of hydrogen-bond donors (Lipinski definition) is 1. The Morgan fingerprint density at radius 3 is 2.45 bits per heavy atom. The van der Waals surface area contributed by atoms with E-state index in [9.17, 15) is 9.59 Å². The van der Waals surface area contributed by atoms with Gasteiger partial charge < -0.3 is 5.32 Å². The smallest absolute Gasteiger partial charge is 0.230 e. The summed E-state index contributed by atoms with van der Waals surface area (Å²) in [4.78, 5) is 21.5. The second-order valence-electron chi connectivity index (χ2n) is 2.33. The Balaban J connectivity index is 3.66. The molecule has 0 spiro atoms. The van der Waals surface area contributed by atoms with E-state index in [2.05, 4.69) is 5.32 Å². The minimum atomic E-state index is -0.352. The van der Waals surface area contributed by atoms with Crippen molar-refractivity contribution in [1.29, 1.82) is 0 Å². The second kappa shape index (κ2) is 5.18. The minimum Gasteiger partial charge on any atom is -0.346 e. The van der Waals surface area contributed by atoms with Gasteiger partial charge in [0.05, 0.1) is 11.8 Å². The maximum atomic E-state index is 10.9. The van der Waals surface area contributed by atoms with Gasteiger partial charge in [-0.3, -0.25) is 9.59 Å². The molecule has 0 rings (SSSR count). The highest BCUT2D eigenvalue weighted by atomic mass is 32.2. The van der Waals surface area contributed by atoms with Gasteiger partial charge in [0.25, 0.3) is 0 Å². The Morgan fingerprint density at radius 2 is 2.09 bits per heavy atom. The molecule has 0 saturated carbocycles. The van der Waals surface area contributed by atoms with E-state index < -0.39 is 0 Å². The van der Waals surface area contributed by atoms with Crippen LogP contribution in [0.4, 0.5) is 0 Å². The van der Waals surface area contributed by atoms with Crippen LogP contribution < -0.4 is 5.32 Å². The van der Waals surface area contributed by atoms with Crippen LogP contribution in [0.25, 0.3) is 0 Å². The molecular formula is C7H13NO2S. The SMILES string of the molecule is CSCC(=O)NC(C)C(C)=O. The molecular weight excluding hydrogens is 162 g/mol. The number of carbonyl (C=O) groups is 2. The van der Waals surface area contributed by atoms with Crippen molar-refractivity contribution in [2.45, 2.75) is 19.9 Å². The molecule has 0 aliphatic rings. The summed E-state index contributed by atoms with van der Waals surface area (Å²) < 4.78 is 0. The first kappa shape index (κ1) is 10.5. The lowest BCUT2D eigenvalue weighted by atomic mass is 10.2. The largest absolute Gasteiger partial charge is 0.346 e. The Bertz CT molecular complexity index is 159. The van der Waals surface area contributed by atoms with Gasteiger partial charge in [0.2, 0.25) is 5.91 Å². The lowest BCUT2D eigenvalue weighted by Gasteiger charge is -2.08. The number of amides is 1. The third-order valence-corrected chi connectivity index (χ3v) is 1.81. The van der Waals surface area contributed by atoms with Gasteiger partial charge in [0.15, 0.2) is 5.78 Å². The van der Waals surface area contributed by atoms with Crippen molar-refractivity contribution >= 4 is 23.5 Å². The summed E-state index contributed by atoms with van der Waals surface area (Å²) in [6.45, 7) is 3.14. The highest BCUT2D eigenvalue weighted by molar-refractivity contribution is 7.99. The van der Waals surface area contributed by atoms with Crippen molar-refractivity contribution in [1.82, 2.24) is 5.32 Å². The zero-order valence-corrected chi connectivity index (χ0v) is 7.83. The minimum absolute atomic E-state index is 0.0144. The normalized spacial score (nSPS) is 12.3. The third-order valence-electron chi connectivity index (χ3n) is 1.26. The third kappa shape index (κ3) is 4.84. The highest BCUT2D eigenvalue weighted by Gasteiger charge is 2.09. The number of ketones is 1. The van der Waals surface area contributed by atoms with Crippen LogP contribution in [0.15, 0.2) is 0 Å². The molecule has 64 valence electrons. The Hall–Kier alpha value is -0.510. The van der Waals surface area contributed by atoms with Crippen molar-refractivity contribution < 1.29 is 9.59 Å². The molecule has 0 bridgehead atoms. The standard InChI is InChI=1S/C7H13NO2S/c1-5(6(2)9)8-7(10)4-11-3/h5H,4H2,1-3H3,(H,8,10). The molecule has 1 atom stereocenters. The van der Waals surface area contributed by atoms with E-state index in [0.717, 1.165) is 0 Å². The van der Waals surface area contributed by atoms with Gasteiger partial charge in [0.1, 0.15) is 0 Å². The molecule has 11 heavy (non-hydrogen) atoms. The number of carbonyl (C=O) groups excluding carboxylic acids is 2. The van der Waals surface area contributed by atoms with Crippen LogP contribution >= 0.6 is 11.8 Å². The topological polar surface area (TPSA) is 46.2 Å². The van der Waals surface area contributed by atoms with Crippen molar-refractivity contribution in [3.05, 3.63) is 0 Å². The summed E-state index contributed by atoms with van der Waals surface area (Å²) in [6, 6.07) is -0.352. The predicted molar refractivity (Wildman–Crippen MR) is 46.7 cm³/mol. The summed E-state index contributed by atoms with van der Waals surface area (Å²) in [5.74, 6) is 0.317. The van der Waals surface area contributed by atoms with E-state index in [1.807, 2.05) is 6.26 Å². The quantitative estimate of drug-likeness (QED) is 0.674. The molecule has 0 aromatic heterocycles. The number of Topliss-reactive ketones (excluding diaryl/α,β-unsaturated/α-hetero) is 1. The first-order valence-electron chi connectivity index (χ1n) is 3.36. The number of nitrogens with one attached hydrogen (secondary N) is 1. The molecule has 1 unspecified atom stereocenters. The number of rotatable bonds is 4. The molecule has 4 heteroatoms. The molecule has 0 aliphatic heterocycles. The van der Waals surface area contributed by atoms with E-state index in [0.29, 0.717) is 5.75 Å². The van der Waals surface area contributed by atoms with Gasteiger partial charge in [0, 0.05) is 0 Å². The summed E-state index contributed by atoms with van der Waals surface area (Å²) in [5, 5.41) is 2.57. The van der Waals surface area contributed by atoms with Gasteiger partial charge in [-0.05, 0) is 20.1 Å². The molecule has 0 saturated heterocycles. The van der Waals surface area contributed by atoms with Crippen molar-refractivity contribution in [3.63, 3.8) is 0 Å². The molecule has 0 heterocycles. The zero-order chi connectivity index (χ0) is 8.85. The average molecular weight is 175 g/mol. The van der Waals surface area contributed by atoms with E-state index in [-0.39, 0.29) is 17.7 Å². The fraction of sp³-hybridized carbons (Fsp3) is 0.714. The number of thioether (sulfide) groups is 1. The van der Waals surface area contributed by atoms with Gasteiger partial charge in [-0.15, -0.1) is 0 Å². The molecule has 0 aromatic carbocycles. The van der Waals surface area contributed by atoms with Gasteiger partial charge >= 0.3 is 0 Å². The fourth-order valence-corrected chi connectivity index (χ4v) is 0.861. The Kier molecular flexibility index (Phi) is 4.94. The maximum Gasteiger partial charge on any atom is 0.230 e. The van der Waals surface area contributed by atoms with E-state index >= 15 is 0 Å². The van der Waals surface area contributed by atoms with Crippen molar-refractivity contribution in [3.8, 4) is 0 Å². The van der Waals surface area contributed by atoms with Crippen LogP contribution in [0, 0.1) is 0 Å². The average Bonchev–Trinajstić information content (AvgIpc) is 1.87. The molecule has 0 radical (unpaired) electrons. The zero-order valence-electron chi connectivity index (χ0n) is 7.01. The van der Waals surface area contributed by atoms with Crippen LogP contribution in [-0.2, 0) is 9.59 Å². The molecule has 0 fully saturated rings. The van der Waals surface area contributed by atoms with E-state index in [4.69, 9.17) is 0 Å². The van der Waals surface area contributed by atoms with E-state index in [1.165, 1.54) is 18.7 Å². The van der Waals surface area contributed by atoms with Gasteiger partial charge in [-0.1, -0.05) is 0 Å². The van der Waals surface area contributed by atoms with Gasteiger partial charge in [-0.25, -0.2) is 0 Å². The fourth-order valence-electron chi connectivity index (χ4n) is 0.516. The monoisotopic (exact) mass is 175 g/mol. The summed E-state index contributed by atoms with van der Waals surface area (Å²) >= 11 is 1.44.